The molecule has 0 saturated heterocycles. The number of benzene rings is 1. The van der Waals surface area contributed by atoms with Crippen molar-refractivity contribution in [1.29, 1.82) is 0 Å². The van der Waals surface area contributed by atoms with Gasteiger partial charge in [0.2, 0.25) is 0 Å². The molecule has 0 saturated carbocycles. The van der Waals surface area contributed by atoms with Gasteiger partial charge in [0.1, 0.15) is 0 Å². The predicted octanol–water partition coefficient (Wildman–Crippen LogP) is 3.85. The zero-order chi connectivity index (χ0) is 12.1. The average molecular weight is 227 g/mol. The van der Waals surface area contributed by atoms with Gasteiger partial charge in [-0.05, 0) is 18.9 Å². The Labute approximate surface area is 95.7 Å². The van der Waals surface area contributed by atoms with Crippen molar-refractivity contribution < 1.29 is 8.78 Å². The quantitative estimate of drug-likeness (QED) is 0.759. The van der Waals surface area contributed by atoms with E-state index in [4.69, 9.17) is 5.73 Å². The standard InChI is InChI=1S/C13H19F2N/c1-3-4-5-6-11(16)10-8-7-9(2)12(14)13(10)15/h7-8,11H,3-6,16H2,1-2H3/t11-/m0/s1. The van der Waals surface area contributed by atoms with E-state index in [1.165, 1.54) is 0 Å². The van der Waals surface area contributed by atoms with Crippen LogP contribution in [0.2, 0.25) is 0 Å². The van der Waals surface area contributed by atoms with Gasteiger partial charge < -0.3 is 5.73 Å². The maximum absolute atomic E-state index is 13.6. The highest BCUT2D eigenvalue weighted by Crippen LogP contribution is 2.23. The van der Waals surface area contributed by atoms with Crippen molar-refractivity contribution in [3.63, 3.8) is 0 Å². The average Bonchev–Trinajstić information content (AvgIpc) is 2.26. The Bertz CT molecular complexity index is 350. The van der Waals surface area contributed by atoms with Crippen molar-refractivity contribution in [3.05, 3.63) is 34.9 Å². The Kier molecular flexibility index (Phi) is 4.87. The van der Waals surface area contributed by atoms with Crippen molar-refractivity contribution in [2.24, 2.45) is 5.73 Å². The molecule has 0 aliphatic carbocycles. The van der Waals surface area contributed by atoms with E-state index in [1.54, 1.807) is 19.1 Å². The number of hydrogen-bond acceptors (Lipinski definition) is 1. The lowest BCUT2D eigenvalue weighted by molar-refractivity contribution is 0.474. The van der Waals surface area contributed by atoms with E-state index in [9.17, 15) is 8.78 Å². The molecule has 1 rings (SSSR count). The Balaban J connectivity index is 2.76. The highest BCUT2D eigenvalue weighted by atomic mass is 19.2. The van der Waals surface area contributed by atoms with Gasteiger partial charge in [0.15, 0.2) is 11.6 Å². The summed E-state index contributed by atoms with van der Waals surface area (Å²) in [5.74, 6) is -1.56. The molecule has 1 atom stereocenters. The van der Waals surface area contributed by atoms with Crippen molar-refractivity contribution in [2.75, 3.05) is 0 Å². The number of halogens is 2. The molecule has 0 radical (unpaired) electrons. The maximum atomic E-state index is 13.6. The Morgan fingerprint density at radius 3 is 2.50 bits per heavy atom. The Hall–Kier alpha value is -0.960. The van der Waals surface area contributed by atoms with Gasteiger partial charge in [-0.1, -0.05) is 38.3 Å². The van der Waals surface area contributed by atoms with E-state index < -0.39 is 17.7 Å². The maximum Gasteiger partial charge on any atom is 0.163 e. The van der Waals surface area contributed by atoms with E-state index in [2.05, 4.69) is 6.92 Å². The first-order valence-electron chi connectivity index (χ1n) is 5.78. The number of hydrogen-bond donors (Lipinski definition) is 1. The van der Waals surface area contributed by atoms with Crippen LogP contribution in [0, 0.1) is 18.6 Å². The second kappa shape index (κ2) is 5.94. The Morgan fingerprint density at radius 1 is 1.19 bits per heavy atom. The van der Waals surface area contributed by atoms with Gasteiger partial charge in [0.05, 0.1) is 0 Å². The SMILES string of the molecule is CCCCC[C@H](N)c1ccc(C)c(F)c1F. The molecule has 3 heteroatoms. The highest BCUT2D eigenvalue weighted by Gasteiger charge is 2.15. The van der Waals surface area contributed by atoms with Crippen LogP contribution in [0.15, 0.2) is 12.1 Å². The largest absolute Gasteiger partial charge is 0.324 e. The molecule has 2 N–H and O–H groups in total. The van der Waals surface area contributed by atoms with Gasteiger partial charge in [-0.3, -0.25) is 0 Å². The molecule has 0 spiro atoms. The molecule has 16 heavy (non-hydrogen) atoms. The van der Waals surface area contributed by atoms with Crippen LogP contribution >= 0.6 is 0 Å². The molecule has 0 aromatic heterocycles. The number of aryl methyl sites for hydroxylation is 1. The van der Waals surface area contributed by atoms with Crippen LogP contribution in [0.1, 0.15) is 49.8 Å². The zero-order valence-corrected chi connectivity index (χ0v) is 9.89. The van der Waals surface area contributed by atoms with Crippen molar-refractivity contribution in [3.8, 4) is 0 Å². The molecular weight excluding hydrogens is 208 g/mol. The summed E-state index contributed by atoms with van der Waals surface area (Å²) in [5.41, 5.74) is 6.46. The van der Waals surface area contributed by atoms with Crippen molar-refractivity contribution in [1.82, 2.24) is 0 Å². The smallest absolute Gasteiger partial charge is 0.163 e. The number of unbranched alkanes of at least 4 members (excludes halogenated alkanes) is 2. The first-order valence-corrected chi connectivity index (χ1v) is 5.78. The zero-order valence-electron chi connectivity index (χ0n) is 9.89. The third kappa shape index (κ3) is 3.01. The lowest BCUT2D eigenvalue weighted by Gasteiger charge is -2.13. The van der Waals surface area contributed by atoms with Gasteiger partial charge in [-0.15, -0.1) is 0 Å². The minimum atomic E-state index is -0.788. The second-order valence-corrected chi connectivity index (χ2v) is 4.20. The molecular formula is C13H19F2N. The van der Waals surface area contributed by atoms with Crippen LogP contribution in [0.25, 0.3) is 0 Å². The summed E-state index contributed by atoms with van der Waals surface area (Å²) < 4.78 is 26.9. The minimum absolute atomic E-state index is 0.291. The molecule has 0 heterocycles. The second-order valence-electron chi connectivity index (χ2n) is 4.20. The summed E-state index contributed by atoms with van der Waals surface area (Å²) in [6, 6.07) is 2.76. The molecule has 0 unspecified atom stereocenters. The van der Waals surface area contributed by atoms with E-state index >= 15 is 0 Å². The first-order chi connectivity index (χ1) is 7.57. The summed E-state index contributed by atoms with van der Waals surface area (Å²) in [5, 5.41) is 0. The van der Waals surface area contributed by atoms with Crippen molar-refractivity contribution >= 4 is 0 Å². The molecule has 1 nitrogen and oxygen atoms in total. The van der Waals surface area contributed by atoms with E-state index in [1.807, 2.05) is 0 Å². The molecule has 1 aromatic rings. The fourth-order valence-corrected chi connectivity index (χ4v) is 1.72. The summed E-state index contributed by atoms with van der Waals surface area (Å²) in [6.07, 6.45) is 3.82. The van der Waals surface area contributed by atoms with Crippen LogP contribution in [0.4, 0.5) is 8.78 Å². The van der Waals surface area contributed by atoms with Crippen LogP contribution < -0.4 is 5.73 Å². The third-order valence-corrected chi connectivity index (χ3v) is 2.82. The summed E-state index contributed by atoms with van der Waals surface area (Å²) >= 11 is 0. The van der Waals surface area contributed by atoms with E-state index in [0.29, 0.717) is 17.5 Å². The summed E-state index contributed by atoms with van der Waals surface area (Å²) in [4.78, 5) is 0. The first kappa shape index (κ1) is 13.1. The van der Waals surface area contributed by atoms with Crippen LogP contribution in [0.5, 0.6) is 0 Å². The lowest BCUT2D eigenvalue weighted by Crippen LogP contribution is -2.13. The molecule has 0 aliphatic rings. The highest BCUT2D eigenvalue weighted by molar-refractivity contribution is 5.27. The Morgan fingerprint density at radius 2 is 1.88 bits per heavy atom. The molecule has 1 aromatic carbocycles. The van der Waals surface area contributed by atoms with Crippen molar-refractivity contribution in [2.45, 2.75) is 45.6 Å². The van der Waals surface area contributed by atoms with Crippen LogP contribution in [0.3, 0.4) is 0 Å². The monoisotopic (exact) mass is 227 g/mol. The number of nitrogens with two attached hydrogens (primary N) is 1. The molecule has 0 fully saturated rings. The fraction of sp³-hybridized carbons (Fsp3) is 0.538. The van der Waals surface area contributed by atoms with Gasteiger partial charge >= 0.3 is 0 Å². The van der Waals surface area contributed by atoms with E-state index in [-0.39, 0.29) is 0 Å². The molecule has 90 valence electrons. The minimum Gasteiger partial charge on any atom is -0.324 e. The topological polar surface area (TPSA) is 26.0 Å². The van der Waals surface area contributed by atoms with Gasteiger partial charge in [-0.2, -0.15) is 0 Å². The van der Waals surface area contributed by atoms with Crippen LogP contribution in [-0.2, 0) is 0 Å². The predicted molar refractivity (Wildman–Crippen MR) is 62.2 cm³/mol. The van der Waals surface area contributed by atoms with Gasteiger partial charge in [0.25, 0.3) is 0 Å². The summed E-state index contributed by atoms with van der Waals surface area (Å²) in [6.45, 7) is 3.64. The van der Waals surface area contributed by atoms with E-state index in [0.717, 1.165) is 19.3 Å². The third-order valence-electron chi connectivity index (χ3n) is 2.82. The normalized spacial score (nSPS) is 12.8. The number of rotatable bonds is 5. The summed E-state index contributed by atoms with van der Waals surface area (Å²) in [7, 11) is 0. The van der Waals surface area contributed by atoms with Gasteiger partial charge in [-0.25, -0.2) is 8.78 Å². The van der Waals surface area contributed by atoms with Crippen LogP contribution in [-0.4, -0.2) is 0 Å². The molecule has 0 aliphatic heterocycles. The fourth-order valence-electron chi connectivity index (χ4n) is 1.72. The molecule has 0 amide bonds. The molecule has 0 bridgehead atoms. The van der Waals surface area contributed by atoms with Gasteiger partial charge in [0, 0.05) is 11.6 Å². The lowest BCUT2D eigenvalue weighted by atomic mass is 9.99.